The highest BCUT2D eigenvalue weighted by atomic mass is 35.5. The van der Waals surface area contributed by atoms with E-state index in [-0.39, 0.29) is 4.99 Å². The molecular formula is C13H12ClN3S. The van der Waals surface area contributed by atoms with Crippen molar-refractivity contribution in [1.82, 2.24) is 4.98 Å². The summed E-state index contributed by atoms with van der Waals surface area (Å²) in [5, 5.41) is 3.92. The number of aryl methyl sites for hydroxylation is 1. The lowest BCUT2D eigenvalue weighted by molar-refractivity contribution is 1.28. The van der Waals surface area contributed by atoms with Gasteiger partial charge in [-0.05, 0) is 36.8 Å². The average molecular weight is 278 g/mol. The fourth-order valence-electron chi connectivity index (χ4n) is 1.58. The number of thiocarbonyl (C=S) groups is 1. The van der Waals surface area contributed by atoms with Gasteiger partial charge in [0.15, 0.2) is 0 Å². The Hall–Kier alpha value is -1.65. The summed E-state index contributed by atoms with van der Waals surface area (Å²) in [5.41, 5.74) is 8.98. The molecule has 2 aromatic rings. The molecule has 18 heavy (non-hydrogen) atoms. The maximum Gasteiger partial charge on any atom is 0.124 e. The van der Waals surface area contributed by atoms with Gasteiger partial charge in [-0.1, -0.05) is 29.9 Å². The van der Waals surface area contributed by atoms with Crippen LogP contribution in [-0.4, -0.2) is 9.97 Å². The van der Waals surface area contributed by atoms with E-state index in [1.807, 2.05) is 37.3 Å². The van der Waals surface area contributed by atoms with Crippen molar-refractivity contribution in [1.29, 1.82) is 0 Å². The predicted molar refractivity (Wildman–Crippen MR) is 79.6 cm³/mol. The monoisotopic (exact) mass is 277 g/mol. The highest BCUT2D eigenvalue weighted by Crippen LogP contribution is 2.25. The standard InChI is InChI=1S/C13H12ClN3S/c1-8-4-5-9(14)7-11(8)17-10-3-2-6-16-12(10)13(15)18/h2-7,17H,1H3,(H2,15,18). The van der Waals surface area contributed by atoms with E-state index in [2.05, 4.69) is 10.3 Å². The van der Waals surface area contributed by atoms with Crippen molar-refractivity contribution in [2.45, 2.75) is 6.92 Å². The number of anilines is 2. The fraction of sp³-hybridized carbons (Fsp3) is 0.0769. The Kier molecular flexibility index (Phi) is 3.79. The SMILES string of the molecule is Cc1ccc(Cl)cc1Nc1cccnc1C(N)=S. The Morgan fingerprint density at radius 3 is 2.83 bits per heavy atom. The molecular weight excluding hydrogens is 266 g/mol. The number of hydrogen-bond donors (Lipinski definition) is 2. The first-order chi connectivity index (χ1) is 8.58. The van der Waals surface area contributed by atoms with Crippen LogP contribution in [0.3, 0.4) is 0 Å². The molecule has 0 bridgehead atoms. The number of halogens is 1. The quantitative estimate of drug-likeness (QED) is 0.844. The van der Waals surface area contributed by atoms with Gasteiger partial charge in [0.05, 0.1) is 5.69 Å². The third-order valence-corrected chi connectivity index (χ3v) is 2.94. The van der Waals surface area contributed by atoms with Gasteiger partial charge in [0, 0.05) is 16.9 Å². The lowest BCUT2D eigenvalue weighted by Crippen LogP contribution is -2.14. The first kappa shape index (κ1) is 12.8. The Labute approximate surface area is 116 Å². The largest absolute Gasteiger partial charge is 0.388 e. The van der Waals surface area contributed by atoms with Crippen molar-refractivity contribution < 1.29 is 0 Å². The molecule has 0 aliphatic heterocycles. The molecule has 92 valence electrons. The number of aromatic nitrogens is 1. The second-order valence-corrected chi connectivity index (χ2v) is 4.72. The zero-order valence-electron chi connectivity index (χ0n) is 9.77. The number of rotatable bonds is 3. The highest BCUT2D eigenvalue weighted by molar-refractivity contribution is 7.80. The van der Waals surface area contributed by atoms with Crippen molar-refractivity contribution in [3.63, 3.8) is 0 Å². The van der Waals surface area contributed by atoms with E-state index in [0.717, 1.165) is 16.9 Å². The normalized spacial score (nSPS) is 10.1. The van der Waals surface area contributed by atoms with E-state index in [9.17, 15) is 0 Å². The van der Waals surface area contributed by atoms with E-state index in [0.29, 0.717) is 10.7 Å². The number of hydrogen-bond acceptors (Lipinski definition) is 3. The smallest absolute Gasteiger partial charge is 0.124 e. The van der Waals surface area contributed by atoms with Crippen LogP contribution in [0.15, 0.2) is 36.5 Å². The molecule has 2 rings (SSSR count). The molecule has 1 aromatic heterocycles. The van der Waals surface area contributed by atoms with Crippen LogP contribution in [0.25, 0.3) is 0 Å². The van der Waals surface area contributed by atoms with Gasteiger partial charge in [0.1, 0.15) is 10.7 Å². The molecule has 0 aliphatic carbocycles. The van der Waals surface area contributed by atoms with Crippen molar-refractivity contribution in [2.24, 2.45) is 5.73 Å². The van der Waals surface area contributed by atoms with Crippen LogP contribution < -0.4 is 11.1 Å². The molecule has 0 atom stereocenters. The van der Waals surface area contributed by atoms with Gasteiger partial charge in [-0.3, -0.25) is 4.98 Å². The number of benzene rings is 1. The van der Waals surface area contributed by atoms with Gasteiger partial charge in [-0.25, -0.2) is 0 Å². The zero-order valence-corrected chi connectivity index (χ0v) is 11.3. The lowest BCUT2D eigenvalue weighted by Gasteiger charge is -2.12. The summed E-state index contributed by atoms with van der Waals surface area (Å²) in [5.74, 6) is 0. The molecule has 0 fully saturated rings. The molecule has 1 heterocycles. The Bertz CT molecular complexity index is 599. The van der Waals surface area contributed by atoms with Crippen molar-refractivity contribution in [3.05, 3.63) is 52.8 Å². The molecule has 0 amide bonds. The van der Waals surface area contributed by atoms with Crippen LogP contribution in [0.2, 0.25) is 5.02 Å². The van der Waals surface area contributed by atoms with E-state index in [1.165, 1.54) is 0 Å². The van der Waals surface area contributed by atoms with Crippen LogP contribution in [0.5, 0.6) is 0 Å². The minimum atomic E-state index is 0.262. The Balaban J connectivity index is 2.40. The summed E-state index contributed by atoms with van der Waals surface area (Å²) in [6, 6.07) is 9.35. The predicted octanol–water partition coefficient (Wildman–Crippen LogP) is 3.42. The average Bonchev–Trinajstić information content (AvgIpc) is 2.34. The topological polar surface area (TPSA) is 50.9 Å². The summed E-state index contributed by atoms with van der Waals surface area (Å²) >= 11 is 11.0. The van der Waals surface area contributed by atoms with Crippen molar-refractivity contribution in [2.75, 3.05) is 5.32 Å². The van der Waals surface area contributed by atoms with Crippen LogP contribution in [0, 0.1) is 6.92 Å². The Morgan fingerprint density at radius 2 is 2.11 bits per heavy atom. The van der Waals surface area contributed by atoms with Gasteiger partial charge < -0.3 is 11.1 Å². The first-order valence-electron chi connectivity index (χ1n) is 5.36. The molecule has 0 saturated carbocycles. The lowest BCUT2D eigenvalue weighted by atomic mass is 10.2. The highest BCUT2D eigenvalue weighted by Gasteiger charge is 2.07. The number of nitrogens with zero attached hydrogens (tertiary/aromatic N) is 1. The fourth-order valence-corrected chi connectivity index (χ4v) is 1.91. The van der Waals surface area contributed by atoms with Crippen LogP contribution in [-0.2, 0) is 0 Å². The summed E-state index contributed by atoms with van der Waals surface area (Å²) in [4.78, 5) is 4.43. The maximum atomic E-state index is 5.98. The molecule has 0 saturated heterocycles. The van der Waals surface area contributed by atoms with Gasteiger partial charge >= 0.3 is 0 Å². The second-order valence-electron chi connectivity index (χ2n) is 3.85. The minimum absolute atomic E-state index is 0.262. The summed E-state index contributed by atoms with van der Waals surface area (Å²) in [6.45, 7) is 2.00. The third kappa shape index (κ3) is 2.78. The summed E-state index contributed by atoms with van der Waals surface area (Å²) in [6.07, 6.45) is 1.66. The van der Waals surface area contributed by atoms with E-state index >= 15 is 0 Å². The summed E-state index contributed by atoms with van der Waals surface area (Å²) < 4.78 is 0. The van der Waals surface area contributed by atoms with Crippen molar-refractivity contribution in [3.8, 4) is 0 Å². The van der Waals surface area contributed by atoms with Crippen molar-refractivity contribution >= 4 is 40.2 Å². The summed E-state index contributed by atoms with van der Waals surface area (Å²) in [7, 11) is 0. The minimum Gasteiger partial charge on any atom is -0.388 e. The van der Waals surface area contributed by atoms with Crippen LogP contribution in [0.1, 0.15) is 11.3 Å². The molecule has 0 unspecified atom stereocenters. The van der Waals surface area contributed by atoms with E-state index in [4.69, 9.17) is 29.6 Å². The van der Waals surface area contributed by atoms with Gasteiger partial charge in [-0.2, -0.15) is 0 Å². The van der Waals surface area contributed by atoms with E-state index < -0.39 is 0 Å². The second kappa shape index (κ2) is 5.33. The van der Waals surface area contributed by atoms with Gasteiger partial charge in [0.25, 0.3) is 0 Å². The molecule has 1 aromatic carbocycles. The molecule has 3 N–H and O–H groups in total. The van der Waals surface area contributed by atoms with E-state index in [1.54, 1.807) is 6.20 Å². The first-order valence-corrected chi connectivity index (χ1v) is 6.14. The number of nitrogens with two attached hydrogens (primary N) is 1. The molecule has 0 aliphatic rings. The molecule has 3 nitrogen and oxygen atoms in total. The van der Waals surface area contributed by atoms with Crippen LogP contribution >= 0.6 is 23.8 Å². The Morgan fingerprint density at radius 1 is 1.33 bits per heavy atom. The molecule has 0 radical (unpaired) electrons. The van der Waals surface area contributed by atoms with Gasteiger partial charge in [-0.15, -0.1) is 0 Å². The zero-order chi connectivity index (χ0) is 13.1. The third-order valence-electron chi connectivity index (χ3n) is 2.51. The number of nitrogens with one attached hydrogen (secondary N) is 1. The van der Waals surface area contributed by atoms with Crippen LogP contribution in [0.4, 0.5) is 11.4 Å². The molecule has 0 spiro atoms. The maximum absolute atomic E-state index is 5.98. The number of pyridine rings is 1. The molecule has 5 heteroatoms. The van der Waals surface area contributed by atoms with Gasteiger partial charge in [0.2, 0.25) is 0 Å².